The highest BCUT2D eigenvalue weighted by atomic mass is 19.1. The zero-order valence-corrected chi connectivity index (χ0v) is 18.5. The van der Waals surface area contributed by atoms with Gasteiger partial charge in [0.1, 0.15) is 29.5 Å². The van der Waals surface area contributed by atoms with E-state index in [0.29, 0.717) is 24.5 Å². The Hall–Kier alpha value is -3.49. The summed E-state index contributed by atoms with van der Waals surface area (Å²) in [6, 6.07) is 13.5. The van der Waals surface area contributed by atoms with Gasteiger partial charge in [-0.2, -0.15) is 0 Å². The summed E-state index contributed by atoms with van der Waals surface area (Å²) >= 11 is 0. The van der Waals surface area contributed by atoms with Gasteiger partial charge in [-0.1, -0.05) is 24.3 Å². The number of aryl methyl sites for hydroxylation is 1. The number of hydrogen-bond acceptors (Lipinski definition) is 6. The number of ether oxygens (including phenoxy) is 1. The van der Waals surface area contributed by atoms with Gasteiger partial charge in [-0.3, -0.25) is 4.79 Å². The number of carbonyl (C=O) groups is 1. The number of benzene rings is 2. The predicted molar refractivity (Wildman–Crippen MR) is 118 cm³/mol. The molecule has 32 heavy (non-hydrogen) atoms. The molecular formula is C23H27FN6O2. The second kappa shape index (κ2) is 9.33. The molecule has 1 aliphatic rings. The highest BCUT2D eigenvalue weighted by molar-refractivity contribution is 5.80. The highest BCUT2D eigenvalue weighted by Gasteiger charge is 2.31. The molecular weight excluding hydrogens is 411 g/mol. The lowest BCUT2D eigenvalue weighted by Crippen LogP contribution is -2.48. The Morgan fingerprint density at radius 2 is 2.09 bits per heavy atom. The van der Waals surface area contributed by atoms with Gasteiger partial charge in [-0.05, 0) is 54.1 Å². The maximum atomic E-state index is 13.7. The first-order valence-electron chi connectivity index (χ1n) is 10.7. The molecule has 0 fully saturated rings. The molecule has 1 amide bonds. The number of hydrogen-bond donors (Lipinski definition) is 0. The Balaban J connectivity index is 1.53. The van der Waals surface area contributed by atoms with Crippen molar-refractivity contribution in [3.8, 4) is 5.75 Å². The topological polar surface area (TPSA) is 76.4 Å². The van der Waals surface area contributed by atoms with Crippen LogP contribution in [0, 0.1) is 12.7 Å². The van der Waals surface area contributed by atoms with Crippen LogP contribution in [0.2, 0.25) is 0 Å². The SMILES string of the molecule is CCN1CC(CN(C)C(=O)C(Cc2cccc(F)c2)n2nnnc2C)Oc2ccccc21. The van der Waals surface area contributed by atoms with Crippen LogP contribution in [0.15, 0.2) is 48.5 Å². The molecule has 2 unspecified atom stereocenters. The van der Waals surface area contributed by atoms with Crippen LogP contribution in [-0.2, 0) is 11.2 Å². The normalized spacial score (nSPS) is 16.2. The third kappa shape index (κ3) is 4.56. The van der Waals surface area contributed by atoms with Crippen LogP contribution in [0.25, 0.3) is 0 Å². The zero-order valence-electron chi connectivity index (χ0n) is 18.5. The number of amides is 1. The summed E-state index contributed by atoms with van der Waals surface area (Å²) in [5.74, 6) is 0.840. The van der Waals surface area contributed by atoms with Gasteiger partial charge >= 0.3 is 0 Å². The smallest absolute Gasteiger partial charge is 0.247 e. The van der Waals surface area contributed by atoms with Gasteiger partial charge < -0.3 is 14.5 Å². The lowest BCUT2D eigenvalue weighted by atomic mass is 10.0. The molecule has 0 spiro atoms. The van der Waals surface area contributed by atoms with Crippen molar-refractivity contribution in [2.24, 2.45) is 0 Å². The maximum Gasteiger partial charge on any atom is 0.247 e. The molecule has 0 radical (unpaired) electrons. The van der Waals surface area contributed by atoms with Crippen LogP contribution in [0.4, 0.5) is 10.1 Å². The molecule has 0 saturated carbocycles. The number of aromatic nitrogens is 4. The Morgan fingerprint density at radius 1 is 1.28 bits per heavy atom. The summed E-state index contributed by atoms with van der Waals surface area (Å²) in [5.41, 5.74) is 1.76. The first-order chi connectivity index (χ1) is 15.5. The second-order valence-electron chi connectivity index (χ2n) is 7.99. The summed E-state index contributed by atoms with van der Waals surface area (Å²) in [5, 5.41) is 11.6. The van der Waals surface area contributed by atoms with Crippen molar-refractivity contribution < 1.29 is 13.9 Å². The van der Waals surface area contributed by atoms with Crippen molar-refractivity contribution >= 4 is 11.6 Å². The molecule has 0 bridgehead atoms. The van der Waals surface area contributed by atoms with Crippen LogP contribution >= 0.6 is 0 Å². The van der Waals surface area contributed by atoms with E-state index in [1.807, 2.05) is 24.3 Å². The quantitative estimate of drug-likeness (QED) is 0.565. The van der Waals surface area contributed by atoms with Crippen LogP contribution in [0.5, 0.6) is 5.75 Å². The summed E-state index contributed by atoms with van der Waals surface area (Å²) in [6.45, 7) is 5.78. The molecule has 2 heterocycles. The lowest BCUT2D eigenvalue weighted by molar-refractivity contribution is -0.134. The Kier molecular flexibility index (Phi) is 6.34. The minimum absolute atomic E-state index is 0.157. The molecule has 1 aliphatic heterocycles. The lowest BCUT2D eigenvalue weighted by Gasteiger charge is -2.37. The number of likely N-dealkylation sites (N-methyl/N-ethyl adjacent to an activating group) is 2. The molecule has 4 rings (SSSR count). The average Bonchev–Trinajstić information content (AvgIpc) is 3.22. The molecule has 168 valence electrons. The minimum Gasteiger partial charge on any atom is -0.485 e. The van der Waals surface area contributed by atoms with Crippen molar-refractivity contribution in [1.82, 2.24) is 25.1 Å². The van der Waals surface area contributed by atoms with Crippen molar-refractivity contribution in [2.45, 2.75) is 32.4 Å². The van der Waals surface area contributed by atoms with Gasteiger partial charge in [-0.15, -0.1) is 5.10 Å². The van der Waals surface area contributed by atoms with E-state index in [0.717, 1.165) is 18.0 Å². The molecule has 8 nitrogen and oxygen atoms in total. The van der Waals surface area contributed by atoms with Gasteiger partial charge in [0.15, 0.2) is 0 Å². The van der Waals surface area contributed by atoms with E-state index < -0.39 is 6.04 Å². The Labute approximate surface area is 186 Å². The molecule has 2 aromatic carbocycles. The van der Waals surface area contributed by atoms with E-state index in [9.17, 15) is 9.18 Å². The number of rotatable bonds is 7. The molecule has 3 aromatic rings. The number of carbonyl (C=O) groups excluding carboxylic acids is 1. The monoisotopic (exact) mass is 438 g/mol. The largest absolute Gasteiger partial charge is 0.485 e. The predicted octanol–water partition coefficient (Wildman–Crippen LogP) is 2.65. The molecule has 0 saturated heterocycles. The highest BCUT2D eigenvalue weighted by Crippen LogP contribution is 2.33. The number of para-hydroxylation sites is 2. The van der Waals surface area contributed by atoms with E-state index >= 15 is 0 Å². The number of tetrazole rings is 1. The van der Waals surface area contributed by atoms with Crippen LogP contribution in [0.1, 0.15) is 24.4 Å². The van der Waals surface area contributed by atoms with E-state index in [2.05, 4.69) is 27.3 Å². The van der Waals surface area contributed by atoms with Gasteiger partial charge in [0, 0.05) is 20.0 Å². The minimum atomic E-state index is -0.685. The zero-order chi connectivity index (χ0) is 22.7. The first-order valence-corrected chi connectivity index (χ1v) is 10.7. The van der Waals surface area contributed by atoms with E-state index in [4.69, 9.17) is 4.74 Å². The summed E-state index contributed by atoms with van der Waals surface area (Å²) in [7, 11) is 1.75. The Bertz CT molecular complexity index is 1090. The number of nitrogens with zero attached hydrogens (tertiary/aromatic N) is 6. The molecule has 9 heteroatoms. The summed E-state index contributed by atoms with van der Waals surface area (Å²) < 4.78 is 21.4. The standard InChI is InChI=1S/C23H27FN6O2/c1-4-29-15-19(32-22-11-6-5-10-20(22)29)14-28(3)23(31)21(30-16(2)25-26-27-30)13-17-8-7-9-18(24)12-17/h5-12,19,21H,4,13-15H2,1-3H3. The van der Waals surface area contributed by atoms with Gasteiger partial charge in [0.05, 0.1) is 18.8 Å². The molecule has 0 aliphatic carbocycles. The summed E-state index contributed by atoms with van der Waals surface area (Å²) in [4.78, 5) is 17.4. The number of halogens is 1. The summed E-state index contributed by atoms with van der Waals surface area (Å²) in [6.07, 6.45) is 0.103. The number of fused-ring (bicyclic) bond motifs is 1. The second-order valence-corrected chi connectivity index (χ2v) is 7.99. The molecule has 0 N–H and O–H groups in total. The van der Waals surface area contributed by atoms with E-state index in [1.165, 1.54) is 16.8 Å². The fraction of sp³-hybridized carbons (Fsp3) is 0.391. The van der Waals surface area contributed by atoms with Crippen LogP contribution < -0.4 is 9.64 Å². The van der Waals surface area contributed by atoms with E-state index in [-0.39, 0.29) is 24.2 Å². The van der Waals surface area contributed by atoms with Gasteiger partial charge in [0.25, 0.3) is 0 Å². The van der Waals surface area contributed by atoms with Crippen molar-refractivity contribution in [1.29, 1.82) is 0 Å². The fourth-order valence-electron chi connectivity index (χ4n) is 4.12. The maximum absolute atomic E-state index is 13.7. The first kappa shape index (κ1) is 21.7. The van der Waals surface area contributed by atoms with Gasteiger partial charge in [0.2, 0.25) is 5.91 Å². The molecule has 2 atom stereocenters. The van der Waals surface area contributed by atoms with Crippen LogP contribution in [0.3, 0.4) is 0 Å². The average molecular weight is 439 g/mol. The van der Waals surface area contributed by atoms with Crippen molar-refractivity contribution in [3.05, 3.63) is 65.7 Å². The third-order valence-electron chi connectivity index (χ3n) is 5.71. The van der Waals surface area contributed by atoms with Crippen LogP contribution in [-0.4, -0.2) is 63.8 Å². The fourth-order valence-corrected chi connectivity index (χ4v) is 4.12. The van der Waals surface area contributed by atoms with Gasteiger partial charge in [-0.25, -0.2) is 9.07 Å². The van der Waals surface area contributed by atoms with Crippen molar-refractivity contribution in [3.63, 3.8) is 0 Å². The van der Waals surface area contributed by atoms with E-state index in [1.54, 1.807) is 31.0 Å². The van der Waals surface area contributed by atoms with Crippen molar-refractivity contribution in [2.75, 3.05) is 31.6 Å². The Morgan fingerprint density at radius 3 is 2.81 bits per heavy atom. The molecule has 1 aromatic heterocycles. The third-order valence-corrected chi connectivity index (χ3v) is 5.71. The number of anilines is 1.